The van der Waals surface area contributed by atoms with Crippen molar-refractivity contribution in [3.63, 3.8) is 0 Å². The number of allylic oxidation sites excluding steroid dienone is 1. The Kier molecular flexibility index (Phi) is 7.25. The standard InChI is InChI=1S/C24H19BrN6O2S2/c1-15-11-16(2)29-24(28-15)31-35(32,33)21-9-7-20(8-10-21)27-13-18(12-26)23-30-22(14-34-23)17-3-5-19(25)6-4-17/h3-11,13-14,27H,1-2H3,(H,28,29,31)/b18-13-. The molecule has 0 aliphatic heterocycles. The zero-order valence-electron chi connectivity index (χ0n) is 18.7. The molecule has 2 aromatic heterocycles. The average Bonchev–Trinajstić information content (AvgIpc) is 3.29. The fraction of sp³-hybridized carbons (Fsp3) is 0.0833. The van der Waals surface area contributed by atoms with Gasteiger partial charge < -0.3 is 5.32 Å². The predicted octanol–water partition coefficient (Wildman–Crippen LogP) is 5.76. The van der Waals surface area contributed by atoms with Gasteiger partial charge in [0.05, 0.1) is 10.6 Å². The molecule has 35 heavy (non-hydrogen) atoms. The summed E-state index contributed by atoms with van der Waals surface area (Å²) < 4.78 is 28.8. The summed E-state index contributed by atoms with van der Waals surface area (Å²) >= 11 is 4.79. The van der Waals surface area contributed by atoms with Crippen LogP contribution in [0.15, 0.2) is 75.5 Å². The summed E-state index contributed by atoms with van der Waals surface area (Å²) in [6.07, 6.45) is 1.55. The summed E-state index contributed by atoms with van der Waals surface area (Å²) in [6.45, 7) is 3.53. The Hall–Kier alpha value is -3.59. The van der Waals surface area contributed by atoms with Crippen molar-refractivity contribution in [2.24, 2.45) is 0 Å². The molecule has 0 aliphatic rings. The van der Waals surface area contributed by atoms with Crippen molar-refractivity contribution in [2.75, 3.05) is 10.0 Å². The highest BCUT2D eigenvalue weighted by Crippen LogP contribution is 2.27. The number of halogens is 1. The number of thiazole rings is 1. The second kappa shape index (κ2) is 10.4. The van der Waals surface area contributed by atoms with Gasteiger partial charge in [0.25, 0.3) is 10.0 Å². The number of hydrogen-bond acceptors (Lipinski definition) is 8. The van der Waals surface area contributed by atoms with Crippen molar-refractivity contribution in [3.05, 3.63) is 87.0 Å². The van der Waals surface area contributed by atoms with Gasteiger partial charge in [-0.1, -0.05) is 28.1 Å². The molecular formula is C24H19BrN6O2S2. The first-order chi connectivity index (χ1) is 16.7. The molecule has 0 radical (unpaired) electrons. The Labute approximate surface area is 215 Å². The number of aryl methyl sites for hydroxylation is 2. The van der Waals surface area contributed by atoms with Gasteiger partial charge in [-0.25, -0.2) is 28.1 Å². The van der Waals surface area contributed by atoms with Crippen LogP contribution >= 0.6 is 27.3 Å². The van der Waals surface area contributed by atoms with Gasteiger partial charge in [-0.3, -0.25) is 0 Å². The third-order valence-electron chi connectivity index (χ3n) is 4.75. The van der Waals surface area contributed by atoms with Crippen molar-refractivity contribution in [3.8, 4) is 17.3 Å². The van der Waals surface area contributed by atoms with Gasteiger partial charge in [0, 0.05) is 38.7 Å². The van der Waals surface area contributed by atoms with E-state index in [2.05, 4.69) is 47.0 Å². The maximum Gasteiger partial charge on any atom is 0.264 e. The molecule has 2 aromatic carbocycles. The van der Waals surface area contributed by atoms with Gasteiger partial charge in [-0.05, 0) is 56.3 Å². The number of nitrogens with zero attached hydrogens (tertiary/aromatic N) is 4. The lowest BCUT2D eigenvalue weighted by molar-refractivity contribution is 0.601. The Bertz CT molecular complexity index is 1520. The molecule has 0 aliphatic carbocycles. The number of rotatable bonds is 7. The minimum Gasteiger partial charge on any atom is -0.360 e. The normalized spacial score (nSPS) is 11.7. The van der Waals surface area contributed by atoms with Crippen LogP contribution in [0.2, 0.25) is 0 Å². The van der Waals surface area contributed by atoms with E-state index in [1.165, 1.54) is 23.5 Å². The summed E-state index contributed by atoms with van der Waals surface area (Å²) in [4.78, 5) is 12.9. The number of nitriles is 1. The molecule has 0 atom stereocenters. The molecular weight excluding hydrogens is 548 g/mol. The quantitative estimate of drug-likeness (QED) is 0.273. The van der Waals surface area contributed by atoms with E-state index in [0.717, 1.165) is 15.7 Å². The minimum absolute atomic E-state index is 0.0252. The summed E-state index contributed by atoms with van der Waals surface area (Å²) in [7, 11) is -3.85. The van der Waals surface area contributed by atoms with E-state index in [4.69, 9.17) is 0 Å². The van der Waals surface area contributed by atoms with E-state index < -0.39 is 10.0 Å². The summed E-state index contributed by atoms with van der Waals surface area (Å²) in [5.74, 6) is 0.0252. The highest BCUT2D eigenvalue weighted by Gasteiger charge is 2.16. The number of hydrogen-bond donors (Lipinski definition) is 2. The van der Waals surface area contributed by atoms with Crippen LogP contribution in [0.4, 0.5) is 11.6 Å². The third kappa shape index (κ3) is 6.10. The van der Waals surface area contributed by atoms with Crippen molar-refractivity contribution >= 4 is 54.5 Å². The topological polar surface area (TPSA) is 121 Å². The number of anilines is 2. The maximum absolute atomic E-state index is 12.7. The molecule has 8 nitrogen and oxygen atoms in total. The average molecular weight is 567 g/mol. The largest absolute Gasteiger partial charge is 0.360 e. The second-order valence-electron chi connectivity index (χ2n) is 7.46. The van der Waals surface area contributed by atoms with Crippen LogP contribution in [0.25, 0.3) is 16.8 Å². The summed E-state index contributed by atoms with van der Waals surface area (Å²) in [6, 6.07) is 17.8. The molecule has 2 heterocycles. The SMILES string of the molecule is Cc1cc(C)nc(NS(=O)(=O)c2ccc(N/C=C(/C#N)c3nc(-c4ccc(Br)cc4)cs3)cc2)n1. The highest BCUT2D eigenvalue weighted by atomic mass is 79.9. The van der Waals surface area contributed by atoms with Crippen LogP contribution in [-0.2, 0) is 10.0 Å². The number of aromatic nitrogens is 3. The summed E-state index contributed by atoms with van der Waals surface area (Å²) in [5.41, 5.74) is 4.05. The number of nitrogens with one attached hydrogen (secondary N) is 2. The molecule has 11 heteroatoms. The molecule has 0 bridgehead atoms. The molecule has 0 spiro atoms. The molecule has 0 saturated carbocycles. The smallest absolute Gasteiger partial charge is 0.264 e. The summed E-state index contributed by atoms with van der Waals surface area (Å²) in [5, 5.41) is 15.1. The third-order valence-corrected chi connectivity index (χ3v) is 7.50. The van der Waals surface area contributed by atoms with Gasteiger partial charge in [-0.2, -0.15) is 5.26 Å². The van der Waals surface area contributed by atoms with Crippen molar-refractivity contribution < 1.29 is 8.42 Å². The van der Waals surface area contributed by atoms with Gasteiger partial charge in [0.1, 0.15) is 16.6 Å². The Balaban J connectivity index is 1.47. The van der Waals surface area contributed by atoms with Gasteiger partial charge in [0.15, 0.2) is 0 Å². The van der Waals surface area contributed by atoms with Crippen LogP contribution in [-0.4, -0.2) is 23.4 Å². The fourth-order valence-corrected chi connectivity index (χ4v) is 5.13. The number of sulfonamides is 1. The van der Waals surface area contributed by atoms with Gasteiger partial charge in [-0.15, -0.1) is 11.3 Å². The van der Waals surface area contributed by atoms with E-state index >= 15 is 0 Å². The molecule has 4 rings (SSSR count). The molecule has 0 amide bonds. The van der Waals surface area contributed by atoms with Gasteiger partial charge >= 0.3 is 0 Å². The zero-order chi connectivity index (χ0) is 25.0. The fourth-order valence-electron chi connectivity index (χ4n) is 3.13. The monoisotopic (exact) mass is 566 g/mol. The van der Waals surface area contributed by atoms with Crippen LogP contribution in [0, 0.1) is 25.2 Å². The predicted molar refractivity (Wildman–Crippen MR) is 141 cm³/mol. The highest BCUT2D eigenvalue weighted by molar-refractivity contribution is 9.10. The first-order valence-corrected chi connectivity index (χ1v) is 13.4. The molecule has 176 valence electrons. The van der Waals surface area contributed by atoms with Crippen LogP contribution < -0.4 is 10.0 Å². The minimum atomic E-state index is -3.85. The van der Waals surface area contributed by atoms with E-state index in [-0.39, 0.29) is 10.8 Å². The molecule has 4 aromatic rings. The Morgan fingerprint density at radius 2 is 1.69 bits per heavy atom. The van der Waals surface area contributed by atoms with E-state index in [1.807, 2.05) is 29.6 Å². The molecule has 0 unspecified atom stereocenters. The Morgan fingerprint density at radius 3 is 2.31 bits per heavy atom. The first-order valence-electron chi connectivity index (χ1n) is 10.3. The first kappa shape index (κ1) is 24.5. The van der Waals surface area contributed by atoms with Gasteiger partial charge in [0.2, 0.25) is 5.95 Å². The van der Waals surface area contributed by atoms with E-state index in [1.54, 1.807) is 38.2 Å². The Morgan fingerprint density at radius 1 is 1.03 bits per heavy atom. The van der Waals surface area contributed by atoms with Crippen LogP contribution in [0.3, 0.4) is 0 Å². The van der Waals surface area contributed by atoms with E-state index in [0.29, 0.717) is 27.7 Å². The van der Waals surface area contributed by atoms with Crippen LogP contribution in [0.1, 0.15) is 16.4 Å². The van der Waals surface area contributed by atoms with Crippen molar-refractivity contribution in [2.45, 2.75) is 18.7 Å². The maximum atomic E-state index is 12.7. The van der Waals surface area contributed by atoms with Crippen molar-refractivity contribution in [1.29, 1.82) is 5.26 Å². The second-order valence-corrected chi connectivity index (χ2v) is 10.9. The lowest BCUT2D eigenvalue weighted by atomic mass is 10.2. The lowest BCUT2D eigenvalue weighted by Gasteiger charge is -2.09. The number of benzene rings is 2. The van der Waals surface area contributed by atoms with Crippen molar-refractivity contribution in [1.82, 2.24) is 15.0 Å². The molecule has 0 fully saturated rings. The van der Waals surface area contributed by atoms with Crippen LogP contribution in [0.5, 0.6) is 0 Å². The molecule has 2 N–H and O–H groups in total. The zero-order valence-corrected chi connectivity index (χ0v) is 21.9. The lowest BCUT2D eigenvalue weighted by Crippen LogP contribution is -2.15. The van der Waals surface area contributed by atoms with E-state index in [9.17, 15) is 13.7 Å². The molecule has 0 saturated heterocycles.